The highest BCUT2D eigenvalue weighted by atomic mass is 15.2. The maximum Gasteiger partial charge on any atom is 0.243 e. The summed E-state index contributed by atoms with van der Waals surface area (Å²) in [6, 6.07) is 7.75. The summed E-state index contributed by atoms with van der Waals surface area (Å²) in [6.45, 7) is 6.25. The van der Waals surface area contributed by atoms with Crippen molar-refractivity contribution in [2.45, 2.75) is 13.8 Å². The van der Waals surface area contributed by atoms with Crippen LogP contribution < -0.4 is 5.32 Å². The molecule has 19 heavy (non-hydrogen) atoms. The minimum absolute atomic E-state index is 0.151. The minimum atomic E-state index is 0.151. The van der Waals surface area contributed by atoms with Gasteiger partial charge >= 0.3 is 0 Å². The lowest BCUT2D eigenvalue weighted by molar-refractivity contribution is 0.254. The first-order chi connectivity index (χ1) is 8.96. The number of aromatic nitrogens is 3. The lowest BCUT2D eigenvalue weighted by Crippen LogP contribution is -2.34. The van der Waals surface area contributed by atoms with Crippen LogP contribution in [-0.2, 0) is 0 Å². The van der Waals surface area contributed by atoms with E-state index in [1.165, 1.54) is 0 Å². The average molecular weight is 259 g/mol. The monoisotopic (exact) mass is 259 g/mol. The number of hydrogen-bond acceptors (Lipinski definition) is 5. The maximum atomic E-state index is 4.46. The predicted molar refractivity (Wildman–Crippen MR) is 78.2 cm³/mol. The number of anilines is 1. The highest BCUT2D eigenvalue weighted by molar-refractivity contribution is 5.73. The van der Waals surface area contributed by atoms with Gasteiger partial charge in [-0.1, -0.05) is 26.0 Å². The molecule has 2 aromatic rings. The Morgan fingerprint density at radius 2 is 1.79 bits per heavy atom. The number of para-hydroxylation sites is 1. The van der Waals surface area contributed by atoms with Crippen molar-refractivity contribution >= 4 is 17.0 Å². The number of nitrogens with zero attached hydrogens (tertiary/aromatic N) is 4. The Morgan fingerprint density at radius 1 is 1.11 bits per heavy atom. The molecule has 0 saturated carbocycles. The van der Waals surface area contributed by atoms with Gasteiger partial charge in [0.2, 0.25) is 5.95 Å². The molecule has 0 radical (unpaired) electrons. The van der Waals surface area contributed by atoms with Crippen molar-refractivity contribution in [2.75, 3.05) is 32.5 Å². The van der Waals surface area contributed by atoms with Gasteiger partial charge in [-0.2, -0.15) is 0 Å². The minimum Gasteiger partial charge on any atom is -0.352 e. The first kappa shape index (κ1) is 13.7. The molecule has 102 valence electrons. The predicted octanol–water partition coefficient (Wildman–Crippen LogP) is 2.02. The fourth-order valence-corrected chi connectivity index (χ4v) is 2.19. The molecule has 5 heteroatoms. The molecule has 5 nitrogen and oxygen atoms in total. The van der Waals surface area contributed by atoms with Crippen molar-refractivity contribution in [3.8, 4) is 0 Å². The van der Waals surface area contributed by atoms with Crippen molar-refractivity contribution in [1.82, 2.24) is 20.1 Å². The fourth-order valence-electron chi connectivity index (χ4n) is 2.19. The Hall–Kier alpha value is -1.75. The summed E-state index contributed by atoms with van der Waals surface area (Å²) in [6.07, 6.45) is 0. The third kappa shape index (κ3) is 3.86. The van der Waals surface area contributed by atoms with Crippen LogP contribution in [0.4, 0.5) is 5.95 Å². The molecule has 0 atom stereocenters. The fraction of sp³-hybridized carbons (Fsp3) is 0.500. The molecule has 0 spiro atoms. The highest BCUT2D eigenvalue weighted by Gasteiger charge is 2.19. The SMILES string of the molecule is CN(C)CC(C)(C)CNc1nnc2ccccc2n1. The molecule has 0 fully saturated rings. The molecule has 0 saturated heterocycles. The summed E-state index contributed by atoms with van der Waals surface area (Å²) in [7, 11) is 4.16. The van der Waals surface area contributed by atoms with Crippen LogP contribution in [0.15, 0.2) is 24.3 Å². The van der Waals surface area contributed by atoms with E-state index in [0.29, 0.717) is 5.95 Å². The first-order valence-electron chi connectivity index (χ1n) is 6.44. The van der Waals surface area contributed by atoms with Crippen LogP contribution in [0.2, 0.25) is 0 Å². The Bertz CT molecular complexity index is 550. The normalized spacial score (nSPS) is 12.1. The Balaban J connectivity index is 2.05. The number of fused-ring (bicyclic) bond motifs is 1. The van der Waals surface area contributed by atoms with Gasteiger partial charge in [0.25, 0.3) is 0 Å². The average Bonchev–Trinajstić information content (AvgIpc) is 2.35. The molecule has 0 aliphatic carbocycles. The largest absolute Gasteiger partial charge is 0.352 e. The lowest BCUT2D eigenvalue weighted by atomic mass is 9.93. The van der Waals surface area contributed by atoms with Crippen LogP contribution in [0, 0.1) is 5.41 Å². The first-order valence-corrected chi connectivity index (χ1v) is 6.44. The van der Waals surface area contributed by atoms with Crippen LogP contribution in [0.25, 0.3) is 11.0 Å². The molecule has 0 bridgehead atoms. The second kappa shape index (κ2) is 5.48. The maximum absolute atomic E-state index is 4.46. The van der Waals surface area contributed by atoms with E-state index in [-0.39, 0.29) is 5.41 Å². The van der Waals surface area contributed by atoms with Crippen LogP contribution in [0.1, 0.15) is 13.8 Å². The summed E-state index contributed by atoms with van der Waals surface area (Å²) < 4.78 is 0. The van der Waals surface area contributed by atoms with E-state index in [0.717, 1.165) is 24.1 Å². The third-order valence-electron chi connectivity index (χ3n) is 2.83. The van der Waals surface area contributed by atoms with Gasteiger partial charge in [-0.3, -0.25) is 0 Å². The number of rotatable bonds is 5. The van der Waals surface area contributed by atoms with Gasteiger partial charge in [-0.25, -0.2) is 4.98 Å². The van der Waals surface area contributed by atoms with E-state index in [1.807, 2.05) is 24.3 Å². The van der Waals surface area contributed by atoms with Crippen molar-refractivity contribution in [3.05, 3.63) is 24.3 Å². The van der Waals surface area contributed by atoms with E-state index in [1.54, 1.807) is 0 Å². The molecule has 0 aliphatic heterocycles. The van der Waals surface area contributed by atoms with Gasteiger partial charge < -0.3 is 10.2 Å². The Kier molecular flexibility index (Phi) is 3.95. The van der Waals surface area contributed by atoms with Crippen molar-refractivity contribution in [3.63, 3.8) is 0 Å². The summed E-state index contributed by atoms with van der Waals surface area (Å²) in [5.74, 6) is 0.588. The standard InChI is InChI=1S/C14H21N5/c1-14(2,10-19(3)4)9-15-13-16-11-7-5-6-8-12(11)17-18-13/h5-8H,9-10H2,1-4H3,(H,15,16,18). The molecule has 1 N–H and O–H groups in total. The van der Waals surface area contributed by atoms with E-state index in [9.17, 15) is 0 Å². The molecule has 0 aliphatic rings. The van der Waals surface area contributed by atoms with Gasteiger partial charge in [-0.15, -0.1) is 10.2 Å². The van der Waals surface area contributed by atoms with Gasteiger partial charge in [0.15, 0.2) is 0 Å². The van der Waals surface area contributed by atoms with E-state index < -0.39 is 0 Å². The molecule has 0 amide bonds. The van der Waals surface area contributed by atoms with Crippen LogP contribution in [0.5, 0.6) is 0 Å². The van der Waals surface area contributed by atoms with Crippen LogP contribution in [0.3, 0.4) is 0 Å². The Morgan fingerprint density at radius 3 is 2.47 bits per heavy atom. The summed E-state index contributed by atoms with van der Waals surface area (Å²) >= 11 is 0. The van der Waals surface area contributed by atoms with E-state index in [2.05, 4.69) is 53.3 Å². The Labute approximate surface area is 114 Å². The lowest BCUT2D eigenvalue weighted by Gasteiger charge is -2.28. The molecule has 1 aromatic heterocycles. The summed E-state index contributed by atoms with van der Waals surface area (Å²) in [4.78, 5) is 6.64. The third-order valence-corrected chi connectivity index (χ3v) is 2.83. The van der Waals surface area contributed by atoms with Crippen molar-refractivity contribution in [2.24, 2.45) is 5.41 Å². The van der Waals surface area contributed by atoms with Crippen molar-refractivity contribution in [1.29, 1.82) is 0 Å². The highest BCUT2D eigenvalue weighted by Crippen LogP contribution is 2.16. The second-order valence-corrected chi connectivity index (χ2v) is 5.88. The van der Waals surface area contributed by atoms with Gasteiger partial charge in [0.05, 0.1) is 5.52 Å². The van der Waals surface area contributed by atoms with Crippen LogP contribution >= 0.6 is 0 Å². The topological polar surface area (TPSA) is 53.9 Å². The van der Waals surface area contributed by atoms with Crippen molar-refractivity contribution < 1.29 is 0 Å². The molecular formula is C14H21N5. The van der Waals surface area contributed by atoms with Gasteiger partial charge in [0.1, 0.15) is 5.52 Å². The molecular weight excluding hydrogens is 238 g/mol. The smallest absolute Gasteiger partial charge is 0.243 e. The van der Waals surface area contributed by atoms with Crippen LogP contribution in [-0.4, -0.2) is 47.3 Å². The molecule has 2 rings (SSSR count). The summed E-state index contributed by atoms with van der Waals surface area (Å²) in [5, 5.41) is 11.5. The number of hydrogen-bond donors (Lipinski definition) is 1. The second-order valence-electron chi connectivity index (χ2n) is 5.88. The molecule has 1 heterocycles. The molecule has 1 aromatic carbocycles. The zero-order valence-corrected chi connectivity index (χ0v) is 12.0. The quantitative estimate of drug-likeness (QED) is 0.890. The molecule has 0 unspecified atom stereocenters. The zero-order valence-electron chi connectivity index (χ0n) is 12.0. The summed E-state index contributed by atoms with van der Waals surface area (Å²) in [5.41, 5.74) is 1.84. The van der Waals surface area contributed by atoms with E-state index >= 15 is 0 Å². The van der Waals surface area contributed by atoms with E-state index in [4.69, 9.17) is 0 Å². The van der Waals surface area contributed by atoms with Gasteiger partial charge in [0, 0.05) is 13.1 Å². The number of nitrogens with one attached hydrogen (secondary N) is 1. The van der Waals surface area contributed by atoms with Gasteiger partial charge in [-0.05, 0) is 31.6 Å². The number of benzene rings is 1. The zero-order chi connectivity index (χ0) is 13.9.